The average molecular weight is 181 g/mol. The predicted molar refractivity (Wildman–Crippen MR) is 52.0 cm³/mol. The van der Waals surface area contributed by atoms with E-state index in [1.54, 1.807) is 26.1 Å². The van der Waals surface area contributed by atoms with Crippen LogP contribution in [0.4, 0.5) is 0 Å². The highest BCUT2D eigenvalue weighted by Gasteiger charge is 2.18. The van der Waals surface area contributed by atoms with Crippen molar-refractivity contribution in [1.82, 2.24) is 4.90 Å². The van der Waals surface area contributed by atoms with Crippen LogP contribution in [0.3, 0.4) is 0 Å². The van der Waals surface area contributed by atoms with E-state index in [0.29, 0.717) is 0 Å². The second-order valence-corrected chi connectivity index (χ2v) is 2.72. The van der Waals surface area contributed by atoms with Gasteiger partial charge in [-0.15, -0.1) is 0 Å². The van der Waals surface area contributed by atoms with E-state index < -0.39 is 6.04 Å². The van der Waals surface area contributed by atoms with Gasteiger partial charge in [0.2, 0.25) is 0 Å². The van der Waals surface area contributed by atoms with Gasteiger partial charge in [-0.3, -0.25) is 9.59 Å². The summed E-state index contributed by atoms with van der Waals surface area (Å²) in [6.07, 6.45) is 4.48. The van der Waals surface area contributed by atoms with E-state index in [4.69, 9.17) is 0 Å². The molecule has 0 aliphatic rings. The number of nitrogens with zero attached hydrogens (tertiary/aromatic N) is 1. The molecule has 0 radical (unpaired) electrons. The zero-order valence-corrected chi connectivity index (χ0v) is 8.28. The van der Waals surface area contributed by atoms with Crippen molar-refractivity contribution in [2.75, 3.05) is 0 Å². The van der Waals surface area contributed by atoms with Crippen LogP contribution in [0, 0.1) is 0 Å². The third-order valence-electron chi connectivity index (χ3n) is 1.74. The summed E-state index contributed by atoms with van der Waals surface area (Å²) < 4.78 is 0. The molecule has 0 aromatic rings. The van der Waals surface area contributed by atoms with E-state index >= 15 is 0 Å². The van der Waals surface area contributed by atoms with E-state index in [0.717, 1.165) is 0 Å². The molecule has 0 spiro atoms. The number of hydrogen-bond acceptors (Lipinski definition) is 2. The van der Waals surface area contributed by atoms with Gasteiger partial charge in [-0.25, -0.2) is 0 Å². The summed E-state index contributed by atoms with van der Waals surface area (Å²) in [7, 11) is 0. The fourth-order valence-corrected chi connectivity index (χ4v) is 0.855. The molecule has 0 aliphatic heterocycles. The minimum absolute atomic E-state index is 0.0479. The zero-order valence-electron chi connectivity index (χ0n) is 8.28. The highest BCUT2D eigenvalue weighted by atomic mass is 16.2. The van der Waals surface area contributed by atoms with E-state index in [2.05, 4.69) is 6.58 Å². The van der Waals surface area contributed by atoms with Crippen LogP contribution in [-0.2, 0) is 9.59 Å². The van der Waals surface area contributed by atoms with Crippen LogP contribution in [0.5, 0.6) is 0 Å². The highest BCUT2D eigenvalue weighted by molar-refractivity contribution is 5.93. The summed E-state index contributed by atoms with van der Waals surface area (Å²) in [6, 6.07) is -0.429. The van der Waals surface area contributed by atoms with Crippen molar-refractivity contribution >= 4 is 11.7 Å². The van der Waals surface area contributed by atoms with Crippen LogP contribution < -0.4 is 0 Å². The molecule has 0 saturated heterocycles. The van der Waals surface area contributed by atoms with Crippen molar-refractivity contribution in [2.45, 2.75) is 26.8 Å². The van der Waals surface area contributed by atoms with Gasteiger partial charge in [0.25, 0.3) is 5.91 Å². The van der Waals surface area contributed by atoms with Gasteiger partial charge in [0, 0.05) is 6.20 Å². The molecule has 13 heavy (non-hydrogen) atoms. The first-order chi connectivity index (χ1) is 6.04. The fourth-order valence-electron chi connectivity index (χ4n) is 0.855. The van der Waals surface area contributed by atoms with Gasteiger partial charge in [-0.05, 0) is 26.8 Å². The topological polar surface area (TPSA) is 37.4 Å². The second kappa shape index (κ2) is 5.30. The van der Waals surface area contributed by atoms with Crippen LogP contribution in [-0.4, -0.2) is 22.6 Å². The number of Topliss-reactive ketones (excluding diaryl/α,β-unsaturated/α-hetero) is 1. The van der Waals surface area contributed by atoms with Crippen LogP contribution in [0.1, 0.15) is 20.8 Å². The molecule has 0 rings (SSSR count). The number of allylic oxidation sites excluding steroid dienone is 1. The molecule has 3 nitrogen and oxygen atoms in total. The first-order valence-electron chi connectivity index (χ1n) is 4.12. The van der Waals surface area contributed by atoms with E-state index in [9.17, 15) is 9.59 Å². The van der Waals surface area contributed by atoms with E-state index in [1.807, 2.05) is 0 Å². The Hall–Kier alpha value is -1.38. The van der Waals surface area contributed by atoms with Gasteiger partial charge in [0.05, 0.1) is 6.04 Å². The quantitative estimate of drug-likeness (QED) is 0.616. The number of hydrogen-bond donors (Lipinski definition) is 0. The lowest BCUT2D eigenvalue weighted by atomic mass is 10.2. The van der Waals surface area contributed by atoms with Crippen molar-refractivity contribution in [1.29, 1.82) is 0 Å². The molecule has 1 atom stereocenters. The summed E-state index contributed by atoms with van der Waals surface area (Å²) in [4.78, 5) is 23.6. The van der Waals surface area contributed by atoms with Gasteiger partial charge >= 0.3 is 0 Å². The maximum atomic E-state index is 11.3. The second-order valence-electron chi connectivity index (χ2n) is 2.72. The standard InChI is InChI=1S/C10H15NO2/c1-5-7-11(10(13)6-2)8(3)9(4)12/h5-8H,2H2,1,3-4H3/b7-5-. The van der Waals surface area contributed by atoms with E-state index in [-0.39, 0.29) is 11.7 Å². The Morgan fingerprint density at radius 3 is 2.31 bits per heavy atom. The Morgan fingerprint density at radius 1 is 1.46 bits per heavy atom. The Labute approximate surface area is 78.7 Å². The first-order valence-corrected chi connectivity index (χ1v) is 4.12. The molecule has 0 aromatic heterocycles. The third-order valence-corrected chi connectivity index (χ3v) is 1.74. The van der Waals surface area contributed by atoms with Gasteiger partial charge in [0.1, 0.15) is 0 Å². The maximum absolute atomic E-state index is 11.3. The molecule has 0 heterocycles. The molecule has 0 N–H and O–H groups in total. The Morgan fingerprint density at radius 2 is 2.00 bits per heavy atom. The van der Waals surface area contributed by atoms with Gasteiger partial charge in [-0.2, -0.15) is 0 Å². The number of carbonyl (C=O) groups is 2. The smallest absolute Gasteiger partial charge is 0.250 e. The molecule has 0 aromatic carbocycles. The van der Waals surface area contributed by atoms with Crippen LogP contribution >= 0.6 is 0 Å². The Bertz CT molecular complexity index is 243. The summed E-state index contributed by atoms with van der Waals surface area (Å²) in [5.41, 5.74) is 0. The first kappa shape index (κ1) is 11.6. The maximum Gasteiger partial charge on any atom is 0.250 e. The average Bonchev–Trinajstić information content (AvgIpc) is 2.11. The Kier molecular flexibility index (Phi) is 4.74. The predicted octanol–water partition coefficient (Wildman–Crippen LogP) is 1.51. The molecular formula is C10H15NO2. The molecular weight excluding hydrogens is 166 g/mol. The minimum atomic E-state index is -0.429. The lowest BCUT2D eigenvalue weighted by Crippen LogP contribution is -2.37. The number of carbonyl (C=O) groups excluding carboxylic acids is 2. The van der Waals surface area contributed by atoms with Crippen LogP contribution in [0.2, 0.25) is 0 Å². The molecule has 72 valence electrons. The minimum Gasteiger partial charge on any atom is -0.306 e. The fraction of sp³-hybridized carbons (Fsp3) is 0.400. The van der Waals surface area contributed by atoms with Gasteiger partial charge in [0.15, 0.2) is 5.78 Å². The van der Waals surface area contributed by atoms with Gasteiger partial charge in [-0.1, -0.05) is 12.7 Å². The summed E-state index contributed by atoms with van der Waals surface area (Å²) in [6.45, 7) is 8.30. The molecule has 0 fully saturated rings. The van der Waals surface area contributed by atoms with Crippen molar-refractivity contribution in [2.24, 2.45) is 0 Å². The lowest BCUT2D eigenvalue weighted by molar-refractivity contribution is -0.131. The van der Waals surface area contributed by atoms with Crippen molar-refractivity contribution < 1.29 is 9.59 Å². The van der Waals surface area contributed by atoms with Crippen molar-refractivity contribution in [3.05, 3.63) is 24.9 Å². The summed E-state index contributed by atoms with van der Waals surface area (Å²) in [5.74, 6) is -0.311. The van der Waals surface area contributed by atoms with Crippen molar-refractivity contribution in [3.63, 3.8) is 0 Å². The Balaban J connectivity index is 4.69. The van der Waals surface area contributed by atoms with Crippen molar-refractivity contribution in [3.8, 4) is 0 Å². The molecule has 3 heteroatoms. The summed E-state index contributed by atoms with van der Waals surface area (Å²) >= 11 is 0. The number of rotatable bonds is 4. The normalized spacial score (nSPS) is 12.5. The number of amides is 1. The molecule has 1 amide bonds. The van der Waals surface area contributed by atoms with Gasteiger partial charge < -0.3 is 4.90 Å². The molecule has 0 saturated carbocycles. The molecule has 1 unspecified atom stereocenters. The highest BCUT2D eigenvalue weighted by Crippen LogP contribution is 2.02. The zero-order chi connectivity index (χ0) is 10.4. The SMILES string of the molecule is C=CC(=O)N(/C=C\C)C(C)C(C)=O. The van der Waals surface area contributed by atoms with E-state index in [1.165, 1.54) is 17.9 Å². The summed E-state index contributed by atoms with van der Waals surface area (Å²) in [5, 5.41) is 0. The third kappa shape index (κ3) is 3.23. The largest absolute Gasteiger partial charge is 0.306 e. The lowest BCUT2D eigenvalue weighted by Gasteiger charge is -2.21. The number of ketones is 1. The molecule has 0 bridgehead atoms. The monoisotopic (exact) mass is 181 g/mol. The van der Waals surface area contributed by atoms with Crippen LogP contribution in [0.25, 0.3) is 0 Å². The molecule has 0 aliphatic carbocycles. The van der Waals surface area contributed by atoms with Crippen LogP contribution in [0.15, 0.2) is 24.9 Å².